The van der Waals surface area contributed by atoms with Crippen LogP contribution < -0.4 is 10.5 Å². The molecule has 27 heavy (non-hydrogen) atoms. The normalized spacial score (nSPS) is 29.5. The number of fused-ring (bicyclic) bond motifs is 3. The number of aryl methyl sites for hydroxylation is 1. The number of rotatable bonds is 4. The maximum atomic E-state index is 12.3. The third kappa shape index (κ3) is 3.03. The van der Waals surface area contributed by atoms with E-state index in [0.717, 1.165) is 37.9 Å². The van der Waals surface area contributed by atoms with E-state index < -0.39 is 5.41 Å². The summed E-state index contributed by atoms with van der Waals surface area (Å²) in [5.41, 5.74) is 9.36. The van der Waals surface area contributed by atoms with Crippen LogP contribution in [0.4, 0.5) is 0 Å². The van der Waals surface area contributed by atoms with Gasteiger partial charge in [0.25, 0.3) is 0 Å². The summed E-state index contributed by atoms with van der Waals surface area (Å²) in [5.74, 6) is 1.07. The van der Waals surface area contributed by atoms with Crippen molar-refractivity contribution in [2.45, 2.75) is 58.0 Å². The number of benzene rings is 2. The Bertz CT molecular complexity index is 847. The molecule has 4 rings (SSSR count). The molecule has 0 bridgehead atoms. The van der Waals surface area contributed by atoms with Gasteiger partial charge in [-0.3, -0.25) is 4.79 Å². The lowest BCUT2D eigenvalue weighted by molar-refractivity contribution is -0.135. The average molecular weight is 364 g/mol. The predicted octanol–water partition coefficient (Wildman–Crippen LogP) is 4.76. The molecule has 1 saturated carbocycles. The minimum absolute atomic E-state index is 0.0122. The first-order chi connectivity index (χ1) is 12.9. The molecule has 2 aromatic carbocycles. The van der Waals surface area contributed by atoms with E-state index in [0.29, 0.717) is 12.5 Å². The second-order valence-electron chi connectivity index (χ2n) is 8.74. The zero-order valence-corrected chi connectivity index (χ0v) is 16.3. The number of carbonyl (C=O) groups is 1. The van der Waals surface area contributed by atoms with Gasteiger partial charge in [0.05, 0.1) is 0 Å². The van der Waals surface area contributed by atoms with Gasteiger partial charge in [0, 0.05) is 5.41 Å². The maximum absolute atomic E-state index is 12.3. The number of amides is 1. The maximum Gasteiger partial charge on any atom is 0.223 e. The SMILES string of the molecule is C[C@@]1(C(N)=O)CCC[C@]2(C)c3cc(OCc4ccccc4)ccc3CC[C@@H]12. The van der Waals surface area contributed by atoms with Crippen molar-refractivity contribution in [3.05, 3.63) is 65.2 Å². The van der Waals surface area contributed by atoms with Gasteiger partial charge in [0.1, 0.15) is 12.4 Å². The van der Waals surface area contributed by atoms with Crippen LogP contribution in [0.3, 0.4) is 0 Å². The molecule has 0 heterocycles. The Kier molecular flexibility index (Phi) is 4.49. The van der Waals surface area contributed by atoms with Gasteiger partial charge in [-0.2, -0.15) is 0 Å². The quantitative estimate of drug-likeness (QED) is 0.851. The number of ether oxygens (including phenoxy) is 1. The van der Waals surface area contributed by atoms with Gasteiger partial charge in [-0.15, -0.1) is 0 Å². The van der Waals surface area contributed by atoms with Crippen LogP contribution in [0.2, 0.25) is 0 Å². The molecule has 3 nitrogen and oxygen atoms in total. The van der Waals surface area contributed by atoms with Crippen molar-refractivity contribution in [3.63, 3.8) is 0 Å². The van der Waals surface area contributed by atoms with E-state index in [-0.39, 0.29) is 11.3 Å². The molecule has 1 amide bonds. The molecule has 2 aliphatic rings. The topological polar surface area (TPSA) is 52.3 Å². The fraction of sp³-hybridized carbons (Fsp3) is 0.458. The molecule has 0 saturated heterocycles. The standard InChI is InChI=1S/C24H29NO2/c1-23-13-6-14-24(2,22(25)26)21(23)12-10-18-9-11-19(15-20(18)23)27-16-17-7-4-3-5-8-17/h3-5,7-9,11,15,21H,6,10,12-14,16H2,1-2H3,(H2,25,26)/t21-,23-,24-/m1/s1. The van der Waals surface area contributed by atoms with Crippen molar-refractivity contribution in [1.29, 1.82) is 0 Å². The lowest BCUT2D eigenvalue weighted by Crippen LogP contribution is -2.54. The van der Waals surface area contributed by atoms with Crippen molar-refractivity contribution in [2.75, 3.05) is 0 Å². The van der Waals surface area contributed by atoms with Crippen molar-refractivity contribution < 1.29 is 9.53 Å². The van der Waals surface area contributed by atoms with Crippen LogP contribution in [0.25, 0.3) is 0 Å². The first-order valence-electron chi connectivity index (χ1n) is 10.0. The van der Waals surface area contributed by atoms with Crippen molar-refractivity contribution in [3.8, 4) is 5.75 Å². The van der Waals surface area contributed by atoms with E-state index in [2.05, 4.69) is 44.2 Å². The third-order valence-corrected chi connectivity index (χ3v) is 7.14. The van der Waals surface area contributed by atoms with E-state index in [1.807, 2.05) is 18.2 Å². The summed E-state index contributed by atoms with van der Waals surface area (Å²) in [6.07, 6.45) is 5.10. The summed E-state index contributed by atoms with van der Waals surface area (Å²) in [5, 5.41) is 0. The highest BCUT2D eigenvalue weighted by atomic mass is 16.5. The first-order valence-corrected chi connectivity index (χ1v) is 10.0. The van der Waals surface area contributed by atoms with Crippen LogP contribution >= 0.6 is 0 Å². The smallest absolute Gasteiger partial charge is 0.223 e. The van der Waals surface area contributed by atoms with E-state index in [1.165, 1.54) is 16.7 Å². The highest BCUT2D eigenvalue weighted by Crippen LogP contribution is 2.57. The molecular weight excluding hydrogens is 334 g/mol. The van der Waals surface area contributed by atoms with Gasteiger partial charge in [0.15, 0.2) is 0 Å². The zero-order valence-electron chi connectivity index (χ0n) is 16.3. The van der Waals surface area contributed by atoms with E-state index in [4.69, 9.17) is 10.5 Å². The third-order valence-electron chi connectivity index (χ3n) is 7.14. The van der Waals surface area contributed by atoms with Gasteiger partial charge >= 0.3 is 0 Å². The highest BCUT2D eigenvalue weighted by molar-refractivity contribution is 5.81. The zero-order chi connectivity index (χ0) is 19.1. The van der Waals surface area contributed by atoms with Gasteiger partial charge in [0.2, 0.25) is 5.91 Å². The summed E-state index contributed by atoms with van der Waals surface area (Å²) in [7, 11) is 0. The molecule has 0 aliphatic heterocycles. The van der Waals surface area contributed by atoms with Crippen molar-refractivity contribution >= 4 is 5.91 Å². The molecule has 3 heteroatoms. The van der Waals surface area contributed by atoms with Crippen molar-refractivity contribution in [2.24, 2.45) is 17.1 Å². The molecule has 2 N–H and O–H groups in total. The van der Waals surface area contributed by atoms with Gasteiger partial charge in [-0.05, 0) is 65.8 Å². The van der Waals surface area contributed by atoms with Crippen LogP contribution in [0.1, 0.15) is 56.2 Å². The van der Waals surface area contributed by atoms with Crippen LogP contribution in [0.5, 0.6) is 5.75 Å². The highest BCUT2D eigenvalue weighted by Gasteiger charge is 2.54. The van der Waals surface area contributed by atoms with Crippen LogP contribution in [0.15, 0.2) is 48.5 Å². The lowest BCUT2D eigenvalue weighted by Gasteiger charge is -2.54. The van der Waals surface area contributed by atoms with Gasteiger partial charge in [-0.25, -0.2) is 0 Å². The number of hydrogen-bond acceptors (Lipinski definition) is 2. The molecule has 3 atom stereocenters. The Balaban J connectivity index is 1.64. The second-order valence-corrected chi connectivity index (χ2v) is 8.74. The number of nitrogens with two attached hydrogens (primary N) is 1. The summed E-state index contributed by atoms with van der Waals surface area (Å²) >= 11 is 0. The first kappa shape index (κ1) is 18.1. The molecule has 0 unspecified atom stereocenters. The molecule has 0 spiro atoms. The molecule has 2 aromatic rings. The van der Waals surface area contributed by atoms with E-state index >= 15 is 0 Å². The van der Waals surface area contributed by atoms with Crippen LogP contribution in [-0.4, -0.2) is 5.91 Å². The minimum atomic E-state index is -0.411. The summed E-state index contributed by atoms with van der Waals surface area (Å²) < 4.78 is 6.09. The van der Waals surface area contributed by atoms with Crippen LogP contribution in [-0.2, 0) is 23.2 Å². The van der Waals surface area contributed by atoms with E-state index in [9.17, 15) is 4.79 Å². The molecular formula is C24H29NO2. The fourth-order valence-corrected chi connectivity index (χ4v) is 5.56. The number of hydrogen-bond donors (Lipinski definition) is 1. The molecule has 142 valence electrons. The Labute approximate surface area is 161 Å². The van der Waals surface area contributed by atoms with Gasteiger partial charge < -0.3 is 10.5 Å². The molecule has 2 aliphatic carbocycles. The second kappa shape index (κ2) is 6.70. The Hall–Kier alpha value is -2.29. The Morgan fingerprint density at radius 1 is 1.15 bits per heavy atom. The summed E-state index contributed by atoms with van der Waals surface area (Å²) in [6.45, 7) is 4.98. The monoisotopic (exact) mass is 363 g/mol. The van der Waals surface area contributed by atoms with E-state index in [1.54, 1.807) is 0 Å². The van der Waals surface area contributed by atoms with Crippen LogP contribution in [0, 0.1) is 11.3 Å². The van der Waals surface area contributed by atoms with Gasteiger partial charge in [-0.1, -0.05) is 56.7 Å². The molecule has 0 radical (unpaired) electrons. The molecule has 0 aromatic heterocycles. The minimum Gasteiger partial charge on any atom is -0.489 e. The Morgan fingerprint density at radius 2 is 1.93 bits per heavy atom. The average Bonchev–Trinajstić information content (AvgIpc) is 2.67. The fourth-order valence-electron chi connectivity index (χ4n) is 5.56. The number of primary amides is 1. The summed E-state index contributed by atoms with van der Waals surface area (Å²) in [6, 6.07) is 16.8. The lowest BCUT2D eigenvalue weighted by atomic mass is 9.49. The summed E-state index contributed by atoms with van der Waals surface area (Å²) in [4.78, 5) is 12.3. The number of carbonyl (C=O) groups excluding carboxylic acids is 1. The molecule has 1 fully saturated rings. The Morgan fingerprint density at radius 3 is 2.67 bits per heavy atom. The predicted molar refractivity (Wildman–Crippen MR) is 108 cm³/mol. The largest absolute Gasteiger partial charge is 0.489 e. The van der Waals surface area contributed by atoms with Crippen molar-refractivity contribution in [1.82, 2.24) is 0 Å².